The number of benzene rings is 1. The van der Waals surface area contributed by atoms with E-state index in [1.807, 2.05) is 16.5 Å². The molecule has 1 aromatic carbocycles. The number of rotatable bonds is 1. The quantitative estimate of drug-likeness (QED) is 0.743. The maximum absolute atomic E-state index is 6.00. The second kappa shape index (κ2) is 4.15. The molecule has 2 aromatic heterocycles. The van der Waals surface area contributed by atoms with Gasteiger partial charge in [0.05, 0.1) is 10.0 Å². The van der Waals surface area contributed by atoms with Crippen LogP contribution in [-0.2, 0) is 0 Å². The third-order valence-corrected chi connectivity index (χ3v) is 3.34. The molecule has 0 saturated carbocycles. The van der Waals surface area contributed by atoms with E-state index in [-0.39, 0.29) is 0 Å². The molecular formula is C12H8Cl2N4. The topological polar surface area (TPSA) is 56.2 Å². The van der Waals surface area contributed by atoms with Crippen molar-refractivity contribution < 1.29 is 0 Å². The summed E-state index contributed by atoms with van der Waals surface area (Å²) in [6, 6.07) is 8.91. The van der Waals surface area contributed by atoms with Crippen molar-refractivity contribution in [2.75, 3.05) is 5.73 Å². The fourth-order valence-electron chi connectivity index (χ4n) is 1.74. The van der Waals surface area contributed by atoms with E-state index in [0.717, 1.165) is 11.2 Å². The number of nitrogens with two attached hydrogens (primary N) is 1. The van der Waals surface area contributed by atoms with Crippen molar-refractivity contribution in [2.45, 2.75) is 0 Å². The van der Waals surface area contributed by atoms with Gasteiger partial charge < -0.3 is 5.73 Å². The molecule has 0 atom stereocenters. The van der Waals surface area contributed by atoms with Crippen molar-refractivity contribution >= 4 is 34.5 Å². The molecule has 3 aromatic rings. The van der Waals surface area contributed by atoms with E-state index in [1.165, 1.54) is 0 Å². The molecule has 0 saturated heterocycles. The van der Waals surface area contributed by atoms with Crippen LogP contribution in [0.1, 0.15) is 0 Å². The third-order valence-electron chi connectivity index (χ3n) is 2.60. The predicted octanol–water partition coefficient (Wildman–Crippen LogP) is 3.29. The Morgan fingerprint density at radius 2 is 1.83 bits per heavy atom. The molecule has 0 aliphatic carbocycles. The molecule has 90 valence electrons. The largest absolute Gasteiger partial charge is 0.398 e. The molecular weight excluding hydrogens is 271 g/mol. The lowest BCUT2D eigenvalue weighted by Gasteiger charge is -2.02. The smallest absolute Gasteiger partial charge is 0.168 e. The predicted molar refractivity (Wildman–Crippen MR) is 72.9 cm³/mol. The SMILES string of the molecule is Nc1ccc2nnc(-c3ccc(Cl)c(Cl)c3)n2c1. The number of pyridine rings is 1. The number of nitrogen functional groups attached to an aromatic ring is 1. The van der Waals surface area contributed by atoms with E-state index in [4.69, 9.17) is 28.9 Å². The zero-order chi connectivity index (χ0) is 12.7. The molecule has 0 radical (unpaired) electrons. The van der Waals surface area contributed by atoms with E-state index in [2.05, 4.69) is 10.2 Å². The van der Waals surface area contributed by atoms with E-state index >= 15 is 0 Å². The Hall–Kier alpha value is -1.78. The van der Waals surface area contributed by atoms with Crippen LogP contribution in [0.5, 0.6) is 0 Å². The highest BCUT2D eigenvalue weighted by atomic mass is 35.5. The minimum absolute atomic E-state index is 0.481. The summed E-state index contributed by atoms with van der Waals surface area (Å²) in [6.07, 6.45) is 1.77. The number of aromatic nitrogens is 3. The molecule has 0 amide bonds. The summed E-state index contributed by atoms with van der Waals surface area (Å²) in [5.41, 5.74) is 7.97. The monoisotopic (exact) mass is 278 g/mol. The minimum atomic E-state index is 0.481. The Morgan fingerprint density at radius 3 is 2.61 bits per heavy atom. The first-order valence-corrected chi connectivity index (χ1v) is 5.96. The van der Waals surface area contributed by atoms with Gasteiger partial charge in [-0.1, -0.05) is 23.2 Å². The van der Waals surface area contributed by atoms with Gasteiger partial charge in [0.15, 0.2) is 11.5 Å². The normalized spacial score (nSPS) is 11.0. The zero-order valence-electron chi connectivity index (χ0n) is 9.14. The van der Waals surface area contributed by atoms with Gasteiger partial charge in [-0.2, -0.15) is 0 Å². The van der Waals surface area contributed by atoms with E-state index in [1.54, 1.807) is 24.4 Å². The number of hydrogen-bond acceptors (Lipinski definition) is 3. The molecule has 18 heavy (non-hydrogen) atoms. The molecule has 3 rings (SSSR count). The molecule has 2 heterocycles. The highest BCUT2D eigenvalue weighted by Gasteiger charge is 2.09. The third kappa shape index (κ3) is 1.79. The molecule has 6 heteroatoms. The summed E-state index contributed by atoms with van der Waals surface area (Å²) < 4.78 is 1.81. The Bertz CT molecular complexity index is 736. The Balaban J connectivity index is 2.24. The van der Waals surface area contributed by atoms with Gasteiger partial charge in [-0.15, -0.1) is 10.2 Å². The van der Waals surface area contributed by atoms with Crippen molar-refractivity contribution in [1.29, 1.82) is 0 Å². The number of fused-ring (bicyclic) bond motifs is 1. The van der Waals surface area contributed by atoms with Gasteiger partial charge in [-0.25, -0.2) is 0 Å². The van der Waals surface area contributed by atoms with Crippen LogP contribution in [0.25, 0.3) is 17.0 Å². The number of hydrogen-bond donors (Lipinski definition) is 1. The number of anilines is 1. The van der Waals surface area contributed by atoms with E-state index in [0.29, 0.717) is 21.6 Å². The lowest BCUT2D eigenvalue weighted by molar-refractivity contribution is 1.11. The van der Waals surface area contributed by atoms with Gasteiger partial charge >= 0.3 is 0 Å². The van der Waals surface area contributed by atoms with Gasteiger partial charge in [0, 0.05) is 17.4 Å². The Morgan fingerprint density at radius 1 is 1.00 bits per heavy atom. The summed E-state index contributed by atoms with van der Waals surface area (Å²) in [5.74, 6) is 0.677. The highest BCUT2D eigenvalue weighted by Crippen LogP contribution is 2.28. The average Bonchev–Trinajstić information content (AvgIpc) is 2.75. The molecule has 0 spiro atoms. The lowest BCUT2D eigenvalue weighted by atomic mass is 10.2. The van der Waals surface area contributed by atoms with E-state index in [9.17, 15) is 0 Å². The molecule has 0 bridgehead atoms. The standard InChI is InChI=1S/C12H8Cl2N4/c13-9-3-1-7(5-10(9)14)12-17-16-11-4-2-8(15)6-18(11)12/h1-6H,15H2. The first-order chi connectivity index (χ1) is 8.65. The summed E-state index contributed by atoms with van der Waals surface area (Å²) >= 11 is 11.9. The van der Waals surface area contributed by atoms with Gasteiger partial charge in [0.25, 0.3) is 0 Å². The van der Waals surface area contributed by atoms with Crippen LogP contribution in [0.4, 0.5) is 5.69 Å². The summed E-state index contributed by atoms with van der Waals surface area (Å²) in [7, 11) is 0. The van der Waals surface area contributed by atoms with Crippen LogP contribution in [0.3, 0.4) is 0 Å². The van der Waals surface area contributed by atoms with Crippen LogP contribution in [0, 0.1) is 0 Å². The Labute approximate surface area is 113 Å². The molecule has 0 fully saturated rings. The van der Waals surface area contributed by atoms with Crippen molar-refractivity contribution in [2.24, 2.45) is 0 Å². The molecule has 0 aliphatic rings. The van der Waals surface area contributed by atoms with Crippen LogP contribution >= 0.6 is 23.2 Å². The van der Waals surface area contributed by atoms with Gasteiger partial charge in [0.1, 0.15) is 0 Å². The van der Waals surface area contributed by atoms with E-state index < -0.39 is 0 Å². The van der Waals surface area contributed by atoms with Crippen molar-refractivity contribution in [3.05, 3.63) is 46.6 Å². The van der Waals surface area contributed by atoms with Crippen LogP contribution in [0.2, 0.25) is 10.0 Å². The second-order valence-corrected chi connectivity index (χ2v) is 4.66. The van der Waals surface area contributed by atoms with Crippen LogP contribution < -0.4 is 5.73 Å². The van der Waals surface area contributed by atoms with Crippen LogP contribution in [0.15, 0.2) is 36.5 Å². The fourth-order valence-corrected chi connectivity index (χ4v) is 2.04. The molecule has 0 unspecified atom stereocenters. The first-order valence-electron chi connectivity index (χ1n) is 5.21. The molecule has 0 aliphatic heterocycles. The first kappa shape index (κ1) is 11.3. The fraction of sp³-hybridized carbons (Fsp3) is 0. The van der Waals surface area contributed by atoms with Crippen molar-refractivity contribution in [3.63, 3.8) is 0 Å². The minimum Gasteiger partial charge on any atom is -0.398 e. The van der Waals surface area contributed by atoms with Crippen LogP contribution in [-0.4, -0.2) is 14.6 Å². The van der Waals surface area contributed by atoms with Gasteiger partial charge in [-0.3, -0.25) is 4.40 Å². The maximum Gasteiger partial charge on any atom is 0.168 e. The second-order valence-electron chi connectivity index (χ2n) is 3.84. The number of nitrogens with zero attached hydrogens (tertiary/aromatic N) is 3. The lowest BCUT2D eigenvalue weighted by Crippen LogP contribution is -1.93. The van der Waals surface area contributed by atoms with Gasteiger partial charge in [0.2, 0.25) is 0 Å². The zero-order valence-corrected chi connectivity index (χ0v) is 10.7. The summed E-state index contributed by atoms with van der Waals surface area (Å²) in [5, 5.41) is 9.19. The van der Waals surface area contributed by atoms with Gasteiger partial charge in [-0.05, 0) is 30.3 Å². The van der Waals surface area contributed by atoms with Crippen molar-refractivity contribution in [3.8, 4) is 11.4 Å². The van der Waals surface area contributed by atoms with Crippen molar-refractivity contribution in [1.82, 2.24) is 14.6 Å². The summed E-state index contributed by atoms with van der Waals surface area (Å²) in [4.78, 5) is 0. The maximum atomic E-state index is 6.00. The molecule has 4 nitrogen and oxygen atoms in total. The highest BCUT2D eigenvalue weighted by molar-refractivity contribution is 6.42. The average molecular weight is 279 g/mol. The Kier molecular flexibility index (Phi) is 2.61. The summed E-state index contributed by atoms with van der Waals surface area (Å²) in [6.45, 7) is 0. The molecule has 2 N–H and O–H groups in total. The number of halogens is 2.